The van der Waals surface area contributed by atoms with Gasteiger partial charge in [-0.2, -0.15) is 0 Å². The molecule has 2 aromatic carbocycles. The molecule has 40 heavy (non-hydrogen) atoms. The molecule has 0 bridgehead atoms. The molecule has 4 N–H and O–H groups in total. The number of halogens is 2. The Balaban J connectivity index is 1.31. The van der Waals surface area contributed by atoms with Crippen molar-refractivity contribution in [2.24, 2.45) is 0 Å². The third kappa shape index (κ3) is 5.86. The first-order valence-electron chi connectivity index (χ1n) is 12.9. The van der Waals surface area contributed by atoms with E-state index in [1.54, 1.807) is 13.0 Å². The Morgan fingerprint density at radius 1 is 1.25 bits per heavy atom. The SMILES string of the molecule is C[C@H](C(=O)N[C@H](CO)c1cc(O)cc(F)c1)N1Cc2ccc(-c3nc(NC4CCOCC4)ncc3Cl)cc2C1=O. The Bertz CT molecular complexity index is 1410. The second-order valence-corrected chi connectivity index (χ2v) is 10.3. The molecule has 12 heteroatoms. The summed E-state index contributed by atoms with van der Waals surface area (Å²) in [4.78, 5) is 36.7. The lowest BCUT2D eigenvalue weighted by molar-refractivity contribution is -0.126. The zero-order valence-electron chi connectivity index (χ0n) is 21.7. The number of aliphatic hydroxyl groups is 1. The van der Waals surface area contributed by atoms with Crippen LogP contribution in [-0.2, 0) is 16.1 Å². The molecule has 1 aromatic heterocycles. The lowest BCUT2D eigenvalue weighted by Gasteiger charge is -2.26. The highest BCUT2D eigenvalue weighted by molar-refractivity contribution is 6.33. The number of fused-ring (bicyclic) bond motifs is 1. The number of aliphatic hydroxyl groups excluding tert-OH is 1. The van der Waals surface area contributed by atoms with Gasteiger partial charge in [-0.05, 0) is 49.1 Å². The first-order chi connectivity index (χ1) is 19.2. The molecule has 2 amide bonds. The Labute approximate surface area is 235 Å². The Hall–Kier alpha value is -3.80. The number of benzene rings is 2. The second kappa shape index (κ2) is 11.7. The number of rotatable bonds is 8. The summed E-state index contributed by atoms with van der Waals surface area (Å²) in [5, 5.41) is 25.8. The molecule has 10 nitrogen and oxygen atoms in total. The van der Waals surface area contributed by atoms with Crippen LogP contribution in [0.25, 0.3) is 11.3 Å². The number of phenols is 1. The van der Waals surface area contributed by atoms with E-state index < -0.39 is 30.4 Å². The van der Waals surface area contributed by atoms with Crippen LogP contribution in [0.4, 0.5) is 10.3 Å². The van der Waals surface area contributed by atoms with Crippen molar-refractivity contribution in [1.82, 2.24) is 20.2 Å². The molecular formula is C28H29ClFN5O5. The zero-order chi connectivity index (χ0) is 28.4. The summed E-state index contributed by atoms with van der Waals surface area (Å²) in [6.07, 6.45) is 3.22. The van der Waals surface area contributed by atoms with Gasteiger partial charge < -0.3 is 30.5 Å². The van der Waals surface area contributed by atoms with Gasteiger partial charge in [0.15, 0.2) is 0 Å². The van der Waals surface area contributed by atoms with Crippen molar-refractivity contribution < 1.29 is 28.9 Å². The van der Waals surface area contributed by atoms with Crippen molar-refractivity contribution in [3.63, 3.8) is 0 Å². The number of nitrogens with zero attached hydrogens (tertiary/aromatic N) is 3. The van der Waals surface area contributed by atoms with Crippen LogP contribution >= 0.6 is 11.6 Å². The Kier molecular flexibility index (Phi) is 8.15. The smallest absolute Gasteiger partial charge is 0.255 e. The van der Waals surface area contributed by atoms with E-state index in [1.165, 1.54) is 17.2 Å². The molecule has 210 valence electrons. The summed E-state index contributed by atoms with van der Waals surface area (Å²) >= 11 is 6.43. The fraction of sp³-hybridized carbons (Fsp3) is 0.357. The lowest BCUT2D eigenvalue weighted by atomic mass is 10.0. The van der Waals surface area contributed by atoms with Crippen LogP contribution in [0.15, 0.2) is 42.6 Å². The summed E-state index contributed by atoms with van der Waals surface area (Å²) in [7, 11) is 0. The number of hydrogen-bond acceptors (Lipinski definition) is 8. The maximum atomic E-state index is 13.7. The summed E-state index contributed by atoms with van der Waals surface area (Å²) in [5.74, 6) is -1.46. The monoisotopic (exact) mass is 569 g/mol. The molecule has 2 aliphatic heterocycles. The summed E-state index contributed by atoms with van der Waals surface area (Å²) in [6.45, 7) is 2.61. The Morgan fingerprint density at radius 2 is 2.02 bits per heavy atom. The molecule has 0 unspecified atom stereocenters. The average Bonchev–Trinajstić information content (AvgIpc) is 3.27. The van der Waals surface area contributed by atoms with E-state index in [1.807, 2.05) is 12.1 Å². The Morgan fingerprint density at radius 3 is 2.75 bits per heavy atom. The van der Waals surface area contributed by atoms with Gasteiger partial charge in [-0.1, -0.05) is 23.7 Å². The van der Waals surface area contributed by atoms with Crippen molar-refractivity contribution in [3.05, 3.63) is 70.1 Å². The van der Waals surface area contributed by atoms with Crippen molar-refractivity contribution >= 4 is 29.4 Å². The minimum absolute atomic E-state index is 0.197. The second-order valence-electron chi connectivity index (χ2n) is 9.89. The van der Waals surface area contributed by atoms with Gasteiger partial charge >= 0.3 is 0 Å². The molecule has 0 saturated carbocycles. The summed E-state index contributed by atoms with van der Waals surface area (Å²) in [6, 6.07) is 6.99. The number of carbonyl (C=O) groups excluding carboxylic acids is 2. The molecule has 1 fully saturated rings. The molecule has 1 saturated heterocycles. The van der Waals surface area contributed by atoms with E-state index in [0.29, 0.717) is 41.0 Å². The number of carbonyl (C=O) groups is 2. The third-order valence-electron chi connectivity index (χ3n) is 7.17. The lowest BCUT2D eigenvalue weighted by Crippen LogP contribution is -2.46. The number of anilines is 1. The quantitative estimate of drug-likeness (QED) is 0.324. The predicted octanol–water partition coefficient (Wildman–Crippen LogP) is 3.43. The first kappa shape index (κ1) is 27.8. The fourth-order valence-corrected chi connectivity index (χ4v) is 5.11. The van der Waals surface area contributed by atoms with Crippen LogP contribution in [0.1, 0.15) is 47.3 Å². The molecule has 3 heterocycles. The first-order valence-corrected chi connectivity index (χ1v) is 13.3. The highest BCUT2D eigenvalue weighted by atomic mass is 35.5. The number of nitrogens with one attached hydrogen (secondary N) is 2. The summed E-state index contributed by atoms with van der Waals surface area (Å²) < 4.78 is 19.1. The van der Waals surface area contributed by atoms with Crippen molar-refractivity contribution in [1.29, 1.82) is 0 Å². The van der Waals surface area contributed by atoms with Gasteiger partial charge in [0.1, 0.15) is 17.6 Å². The topological polar surface area (TPSA) is 137 Å². The molecule has 2 aliphatic rings. The summed E-state index contributed by atoms with van der Waals surface area (Å²) in [5.41, 5.74) is 2.50. The van der Waals surface area contributed by atoms with Crippen LogP contribution in [0.3, 0.4) is 0 Å². The van der Waals surface area contributed by atoms with E-state index in [-0.39, 0.29) is 29.8 Å². The highest BCUT2D eigenvalue weighted by Crippen LogP contribution is 2.32. The van der Waals surface area contributed by atoms with Crippen LogP contribution in [0.2, 0.25) is 5.02 Å². The maximum Gasteiger partial charge on any atom is 0.255 e. The fourth-order valence-electron chi connectivity index (χ4n) is 4.91. The van der Waals surface area contributed by atoms with Crippen molar-refractivity contribution in [3.8, 4) is 17.0 Å². The molecular weight excluding hydrogens is 541 g/mol. The van der Waals surface area contributed by atoms with E-state index in [9.17, 15) is 24.2 Å². The number of hydrogen-bond donors (Lipinski definition) is 4. The number of aromatic hydroxyl groups is 1. The molecule has 0 aliphatic carbocycles. The number of aromatic nitrogens is 2. The number of amides is 2. The van der Waals surface area contributed by atoms with Gasteiger partial charge in [0.2, 0.25) is 11.9 Å². The molecule has 2 atom stereocenters. The molecule has 3 aromatic rings. The standard InChI is InChI=1S/C28H29ClFN5O5/c1-15(26(38)33-24(14-36)18-8-19(30)11-21(37)9-18)35-13-17-3-2-16(10-22(17)27(35)39)25-23(29)12-31-28(34-25)32-20-4-6-40-7-5-20/h2-3,8-12,15,20,24,36-37H,4-7,13-14H2,1H3,(H,33,38)(H,31,32,34)/t15-,24-/m1/s1. The van der Waals surface area contributed by atoms with Gasteiger partial charge in [-0.15, -0.1) is 0 Å². The van der Waals surface area contributed by atoms with Crippen molar-refractivity contribution in [2.75, 3.05) is 25.1 Å². The predicted molar refractivity (Wildman–Crippen MR) is 145 cm³/mol. The minimum atomic E-state index is -0.966. The highest BCUT2D eigenvalue weighted by Gasteiger charge is 2.35. The van der Waals surface area contributed by atoms with Gasteiger partial charge in [0, 0.05) is 43.0 Å². The number of ether oxygens (including phenoxy) is 1. The largest absolute Gasteiger partial charge is 0.508 e. The van der Waals surface area contributed by atoms with E-state index in [4.69, 9.17) is 16.3 Å². The third-order valence-corrected chi connectivity index (χ3v) is 7.44. The average molecular weight is 570 g/mol. The van der Waals surface area contributed by atoms with Crippen LogP contribution < -0.4 is 10.6 Å². The van der Waals surface area contributed by atoms with Gasteiger partial charge in [-0.25, -0.2) is 14.4 Å². The van der Waals surface area contributed by atoms with Crippen LogP contribution in [-0.4, -0.2) is 68.8 Å². The van der Waals surface area contributed by atoms with Gasteiger partial charge in [0.05, 0.1) is 29.6 Å². The van der Waals surface area contributed by atoms with Gasteiger partial charge in [0.25, 0.3) is 5.91 Å². The van der Waals surface area contributed by atoms with Crippen LogP contribution in [0, 0.1) is 5.82 Å². The molecule has 0 spiro atoms. The van der Waals surface area contributed by atoms with Crippen molar-refractivity contribution in [2.45, 2.75) is 44.4 Å². The van der Waals surface area contributed by atoms with E-state index in [0.717, 1.165) is 30.5 Å². The number of phenolic OH excluding ortho intramolecular Hbond substituents is 1. The maximum absolute atomic E-state index is 13.7. The van der Waals surface area contributed by atoms with E-state index >= 15 is 0 Å². The molecule has 5 rings (SSSR count). The normalized spacial score (nSPS) is 16.9. The molecule has 0 radical (unpaired) electrons. The van der Waals surface area contributed by atoms with Gasteiger partial charge in [-0.3, -0.25) is 9.59 Å². The van der Waals surface area contributed by atoms with E-state index in [2.05, 4.69) is 20.6 Å². The zero-order valence-corrected chi connectivity index (χ0v) is 22.5. The minimum Gasteiger partial charge on any atom is -0.508 e. The van der Waals surface area contributed by atoms with Crippen LogP contribution in [0.5, 0.6) is 5.75 Å².